The molecule has 1 N–H and O–H groups in total. The molecular weight excluding hydrogens is 212 g/mol. The van der Waals surface area contributed by atoms with Crippen LogP contribution in [0.15, 0.2) is 24.3 Å². The predicted molar refractivity (Wildman–Crippen MR) is 62.5 cm³/mol. The minimum atomic E-state index is -0.139. The molecule has 0 heterocycles. The minimum absolute atomic E-state index is 0.0250. The van der Waals surface area contributed by atoms with Gasteiger partial charge in [-0.3, -0.25) is 4.79 Å². The molecule has 0 saturated carbocycles. The van der Waals surface area contributed by atoms with Gasteiger partial charge in [0, 0.05) is 5.88 Å². The van der Waals surface area contributed by atoms with Gasteiger partial charge in [0.2, 0.25) is 0 Å². The van der Waals surface area contributed by atoms with Crippen LogP contribution >= 0.6 is 11.6 Å². The zero-order valence-corrected chi connectivity index (χ0v) is 9.29. The van der Waals surface area contributed by atoms with Gasteiger partial charge in [-0.05, 0) is 31.0 Å². The third-order valence-corrected chi connectivity index (χ3v) is 2.20. The summed E-state index contributed by atoms with van der Waals surface area (Å²) in [5.41, 5.74) is 1.24. The fourth-order valence-electron chi connectivity index (χ4n) is 1.22. The molecule has 1 aromatic rings. The molecule has 0 bridgehead atoms. The van der Waals surface area contributed by atoms with Crippen LogP contribution in [0.4, 0.5) is 0 Å². The standard InChI is InChI=1S/C12H13ClO2/c1-9(14)11-8-10(4-2-3-7-13)5-6-12(11)15/h2,4-6,8,15H,3,7H2,1H3. The van der Waals surface area contributed by atoms with E-state index in [2.05, 4.69) is 0 Å². The second-order valence-corrected chi connectivity index (χ2v) is 3.59. The Hall–Kier alpha value is -1.28. The van der Waals surface area contributed by atoms with Crippen molar-refractivity contribution in [1.29, 1.82) is 0 Å². The van der Waals surface area contributed by atoms with E-state index in [-0.39, 0.29) is 11.5 Å². The molecule has 3 heteroatoms. The van der Waals surface area contributed by atoms with E-state index in [1.54, 1.807) is 12.1 Å². The molecule has 1 aromatic carbocycles. The van der Waals surface area contributed by atoms with E-state index in [0.717, 1.165) is 12.0 Å². The predicted octanol–water partition coefficient (Wildman–Crippen LogP) is 3.24. The van der Waals surface area contributed by atoms with Crippen LogP contribution in [-0.2, 0) is 0 Å². The van der Waals surface area contributed by atoms with Gasteiger partial charge in [0.25, 0.3) is 0 Å². The Morgan fingerprint density at radius 3 is 2.87 bits per heavy atom. The maximum Gasteiger partial charge on any atom is 0.163 e. The van der Waals surface area contributed by atoms with Crippen molar-refractivity contribution in [3.8, 4) is 5.75 Å². The number of Topliss-reactive ketones (excluding diaryl/α,β-unsaturated/α-hetero) is 1. The first-order valence-electron chi connectivity index (χ1n) is 4.71. The topological polar surface area (TPSA) is 37.3 Å². The number of ketones is 1. The van der Waals surface area contributed by atoms with Crippen LogP contribution < -0.4 is 0 Å². The highest BCUT2D eigenvalue weighted by Gasteiger charge is 2.05. The Labute approximate surface area is 94.2 Å². The quantitative estimate of drug-likeness (QED) is 0.630. The number of rotatable bonds is 4. The van der Waals surface area contributed by atoms with E-state index in [1.165, 1.54) is 13.0 Å². The number of benzene rings is 1. The summed E-state index contributed by atoms with van der Waals surface area (Å²) in [5, 5.41) is 9.41. The highest BCUT2D eigenvalue weighted by molar-refractivity contribution is 6.17. The normalized spacial score (nSPS) is 10.8. The summed E-state index contributed by atoms with van der Waals surface area (Å²) in [6, 6.07) is 4.95. The van der Waals surface area contributed by atoms with E-state index in [1.807, 2.05) is 12.2 Å². The Balaban J connectivity index is 2.92. The molecule has 0 unspecified atom stereocenters. The Morgan fingerprint density at radius 1 is 1.53 bits per heavy atom. The second kappa shape index (κ2) is 5.56. The van der Waals surface area contributed by atoms with E-state index in [9.17, 15) is 9.90 Å². The average molecular weight is 225 g/mol. The third kappa shape index (κ3) is 3.40. The van der Waals surface area contributed by atoms with Gasteiger partial charge in [0.1, 0.15) is 5.75 Å². The lowest BCUT2D eigenvalue weighted by Crippen LogP contribution is -1.92. The average Bonchev–Trinajstić information content (AvgIpc) is 2.20. The number of halogens is 1. The third-order valence-electron chi connectivity index (χ3n) is 1.99. The number of phenols is 1. The molecule has 1 rings (SSSR count). The number of aromatic hydroxyl groups is 1. The van der Waals surface area contributed by atoms with Crippen LogP contribution in [0.1, 0.15) is 29.3 Å². The smallest absolute Gasteiger partial charge is 0.163 e. The molecule has 0 radical (unpaired) electrons. The molecule has 15 heavy (non-hydrogen) atoms. The van der Waals surface area contributed by atoms with Crippen LogP contribution in [0.3, 0.4) is 0 Å². The van der Waals surface area contributed by atoms with E-state index >= 15 is 0 Å². The summed E-state index contributed by atoms with van der Waals surface area (Å²) < 4.78 is 0. The van der Waals surface area contributed by atoms with Crippen molar-refractivity contribution in [2.45, 2.75) is 13.3 Å². The summed E-state index contributed by atoms with van der Waals surface area (Å²) in [7, 11) is 0. The molecule has 80 valence electrons. The van der Waals surface area contributed by atoms with Crippen molar-refractivity contribution in [2.24, 2.45) is 0 Å². The van der Waals surface area contributed by atoms with Gasteiger partial charge >= 0.3 is 0 Å². The molecule has 0 aliphatic heterocycles. The highest BCUT2D eigenvalue weighted by atomic mass is 35.5. The minimum Gasteiger partial charge on any atom is -0.507 e. The number of alkyl halides is 1. The van der Waals surface area contributed by atoms with Crippen molar-refractivity contribution < 1.29 is 9.90 Å². The largest absolute Gasteiger partial charge is 0.507 e. The molecule has 0 amide bonds. The van der Waals surface area contributed by atoms with Gasteiger partial charge in [0.15, 0.2) is 5.78 Å². The Morgan fingerprint density at radius 2 is 2.27 bits per heavy atom. The summed E-state index contributed by atoms with van der Waals surface area (Å²) in [6.07, 6.45) is 4.61. The van der Waals surface area contributed by atoms with Crippen LogP contribution in [0.2, 0.25) is 0 Å². The van der Waals surface area contributed by atoms with Crippen LogP contribution in [0.25, 0.3) is 6.08 Å². The first-order valence-corrected chi connectivity index (χ1v) is 5.25. The molecular formula is C12H13ClO2. The summed E-state index contributed by atoms with van der Waals surface area (Å²) in [4.78, 5) is 11.1. The lowest BCUT2D eigenvalue weighted by molar-refractivity contribution is 0.101. The maximum absolute atomic E-state index is 11.1. The first kappa shape index (κ1) is 11.8. The maximum atomic E-state index is 11.1. The zero-order chi connectivity index (χ0) is 11.3. The number of hydrogen-bond acceptors (Lipinski definition) is 2. The van der Waals surface area contributed by atoms with Crippen LogP contribution in [0, 0.1) is 0 Å². The molecule has 2 nitrogen and oxygen atoms in total. The monoisotopic (exact) mass is 224 g/mol. The van der Waals surface area contributed by atoms with E-state index in [0.29, 0.717) is 11.4 Å². The van der Waals surface area contributed by atoms with Crippen LogP contribution in [0.5, 0.6) is 5.75 Å². The van der Waals surface area contributed by atoms with Crippen molar-refractivity contribution in [2.75, 3.05) is 5.88 Å². The Bertz CT molecular complexity index is 383. The SMILES string of the molecule is CC(=O)c1cc(C=CCCCl)ccc1O. The highest BCUT2D eigenvalue weighted by Crippen LogP contribution is 2.19. The van der Waals surface area contributed by atoms with Crippen molar-refractivity contribution in [3.63, 3.8) is 0 Å². The molecule has 0 aliphatic carbocycles. The lowest BCUT2D eigenvalue weighted by atomic mass is 10.1. The van der Waals surface area contributed by atoms with Crippen molar-refractivity contribution in [1.82, 2.24) is 0 Å². The fourth-order valence-corrected chi connectivity index (χ4v) is 1.35. The van der Waals surface area contributed by atoms with Gasteiger partial charge in [-0.1, -0.05) is 18.2 Å². The van der Waals surface area contributed by atoms with Gasteiger partial charge < -0.3 is 5.11 Å². The second-order valence-electron chi connectivity index (χ2n) is 3.21. The molecule has 0 saturated heterocycles. The number of phenolic OH excluding ortho intramolecular Hbond substituents is 1. The number of carbonyl (C=O) groups is 1. The molecule has 0 fully saturated rings. The number of hydrogen-bond donors (Lipinski definition) is 1. The fraction of sp³-hybridized carbons (Fsp3) is 0.250. The van der Waals surface area contributed by atoms with Gasteiger partial charge in [-0.2, -0.15) is 0 Å². The van der Waals surface area contributed by atoms with Crippen LogP contribution in [-0.4, -0.2) is 16.8 Å². The number of allylic oxidation sites excluding steroid dienone is 1. The summed E-state index contributed by atoms with van der Waals surface area (Å²) >= 11 is 5.53. The van der Waals surface area contributed by atoms with Crippen molar-refractivity contribution >= 4 is 23.5 Å². The summed E-state index contributed by atoms with van der Waals surface area (Å²) in [6.45, 7) is 1.43. The first-order chi connectivity index (χ1) is 7.15. The zero-order valence-electron chi connectivity index (χ0n) is 8.53. The lowest BCUT2D eigenvalue weighted by Gasteiger charge is -2.01. The van der Waals surface area contributed by atoms with E-state index in [4.69, 9.17) is 11.6 Å². The molecule has 0 spiro atoms. The molecule has 0 aliphatic rings. The molecule has 0 atom stereocenters. The van der Waals surface area contributed by atoms with Crippen molar-refractivity contribution in [3.05, 3.63) is 35.4 Å². The van der Waals surface area contributed by atoms with Gasteiger partial charge in [-0.25, -0.2) is 0 Å². The Kier molecular flexibility index (Phi) is 4.37. The van der Waals surface area contributed by atoms with Gasteiger partial charge in [0.05, 0.1) is 5.56 Å². The van der Waals surface area contributed by atoms with E-state index < -0.39 is 0 Å². The number of carbonyl (C=O) groups excluding carboxylic acids is 1. The van der Waals surface area contributed by atoms with Gasteiger partial charge in [-0.15, -0.1) is 11.6 Å². The molecule has 0 aromatic heterocycles. The summed E-state index contributed by atoms with van der Waals surface area (Å²) in [5.74, 6) is 0.464.